The van der Waals surface area contributed by atoms with Crippen molar-refractivity contribution in [1.29, 1.82) is 0 Å². The molecular weight excluding hydrogens is 538 g/mol. The molecule has 214 valence electrons. The summed E-state index contributed by atoms with van der Waals surface area (Å²) in [7, 11) is -2.01. The summed E-state index contributed by atoms with van der Waals surface area (Å²) in [6.45, 7) is 5.03. The molecule has 0 atom stereocenters. The average molecular weight is 574 g/mol. The number of imidazole rings is 1. The Bertz CT molecular complexity index is 1620. The van der Waals surface area contributed by atoms with Gasteiger partial charge in [0.25, 0.3) is 0 Å². The first-order valence-electron chi connectivity index (χ1n) is 13.7. The Morgan fingerprint density at radius 1 is 0.976 bits per heavy atom. The molecule has 0 saturated heterocycles. The molecule has 1 aliphatic heterocycles. The van der Waals surface area contributed by atoms with Crippen LogP contribution in [0.5, 0.6) is 11.5 Å². The maximum Gasteiger partial charge on any atom is 0.238 e. The van der Waals surface area contributed by atoms with Gasteiger partial charge in [-0.3, -0.25) is 9.89 Å². The van der Waals surface area contributed by atoms with E-state index in [-0.39, 0.29) is 11.7 Å². The number of fused-ring (bicyclic) bond motifs is 1. The van der Waals surface area contributed by atoms with Gasteiger partial charge in [0, 0.05) is 45.0 Å². The zero-order valence-corrected chi connectivity index (χ0v) is 24.2. The summed E-state index contributed by atoms with van der Waals surface area (Å²) in [5.74, 6) is 2.40. The van der Waals surface area contributed by atoms with Gasteiger partial charge in [-0.1, -0.05) is 61.9 Å². The van der Waals surface area contributed by atoms with Gasteiger partial charge in [0.05, 0.1) is 10.6 Å². The Labute approximate surface area is 241 Å². The van der Waals surface area contributed by atoms with Gasteiger partial charge in [0.15, 0.2) is 11.5 Å². The zero-order valence-electron chi connectivity index (χ0n) is 23.4. The molecule has 0 aliphatic carbocycles. The third kappa shape index (κ3) is 6.84. The van der Waals surface area contributed by atoms with E-state index < -0.39 is 10.0 Å². The van der Waals surface area contributed by atoms with Gasteiger partial charge in [-0.25, -0.2) is 18.5 Å². The number of sulfonamides is 1. The monoisotopic (exact) mass is 573 g/mol. The molecule has 4 aromatic rings. The van der Waals surface area contributed by atoms with Gasteiger partial charge < -0.3 is 14.0 Å². The van der Waals surface area contributed by atoms with Gasteiger partial charge in [-0.05, 0) is 41.8 Å². The number of benzene rings is 3. The van der Waals surface area contributed by atoms with Crippen LogP contribution >= 0.6 is 0 Å². The van der Waals surface area contributed by atoms with E-state index >= 15 is 0 Å². The second kappa shape index (κ2) is 12.7. The molecule has 41 heavy (non-hydrogen) atoms. The second-order valence-electron chi connectivity index (χ2n) is 10.0. The molecule has 2 N–H and O–H groups in total. The number of hydrogen-bond donors (Lipinski definition) is 1. The molecule has 0 spiro atoms. The van der Waals surface area contributed by atoms with Crippen molar-refractivity contribution in [3.8, 4) is 22.9 Å². The lowest BCUT2D eigenvalue weighted by Gasteiger charge is -2.24. The smallest absolute Gasteiger partial charge is 0.238 e. The molecule has 0 saturated carbocycles. The second-order valence-corrected chi connectivity index (χ2v) is 11.6. The van der Waals surface area contributed by atoms with E-state index in [1.165, 1.54) is 0 Å². The fraction of sp³-hybridized carbons (Fsp3) is 0.290. The number of hydrogen-bond acceptors (Lipinski definition) is 7. The maximum atomic E-state index is 11.8. The van der Waals surface area contributed by atoms with Crippen molar-refractivity contribution in [3.05, 3.63) is 95.3 Å². The number of primary sulfonamides is 1. The zero-order chi connectivity index (χ0) is 28.8. The molecule has 0 amide bonds. The standard InChI is InChI=1S/C31H35N5O4S/c1-3-4-16-36-28(27(18-33-2)34-31(36)25-8-6-5-7-9-25)21-35(19-23-10-13-26(14-11-23)41(32,37)38)20-24-12-15-29-30(17-24)40-22-39-29/h5-15,17-18H,3-4,16,19-22H2,1-2H3,(H2,32,37,38). The molecule has 9 nitrogen and oxygen atoms in total. The molecule has 3 aromatic carbocycles. The molecule has 1 aliphatic rings. The van der Waals surface area contributed by atoms with Crippen LogP contribution < -0.4 is 14.6 Å². The van der Waals surface area contributed by atoms with Crippen LogP contribution in [-0.2, 0) is 36.2 Å². The van der Waals surface area contributed by atoms with Crippen LogP contribution in [-0.4, -0.2) is 42.9 Å². The van der Waals surface area contributed by atoms with Gasteiger partial charge in [-0.2, -0.15) is 0 Å². The Kier molecular flexibility index (Phi) is 8.82. The highest BCUT2D eigenvalue weighted by Gasteiger charge is 2.21. The number of nitrogens with zero attached hydrogens (tertiary/aromatic N) is 4. The van der Waals surface area contributed by atoms with E-state index in [4.69, 9.17) is 19.6 Å². The summed E-state index contributed by atoms with van der Waals surface area (Å²) in [6.07, 6.45) is 3.90. The summed E-state index contributed by atoms with van der Waals surface area (Å²) in [6, 6.07) is 22.9. The molecule has 0 fully saturated rings. The van der Waals surface area contributed by atoms with Crippen molar-refractivity contribution in [1.82, 2.24) is 14.5 Å². The van der Waals surface area contributed by atoms with Crippen molar-refractivity contribution in [2.75, 3.05) is 13.8 Å². The van der Waals surface area contributed by atoms with E-state index in [1.807, 2.05) is 54.7 Å². The number of rotatable bonds is 12. The number of aromatic nitrogens is 2. The first-order chi connectivity index (χ1) is 19.9. The van der Waals surface area contributed by atoms with Crippen molar-refractivity contribution in [2.24, 2.45) is 10.1 Å². The van der Waals surface area contributed by atoms with Crippen LogP contribution in [0.1, 0.15) is 42.3 Å². The van der Waals surface area contributed by atoms with Gasteiger partial charge in [0.2, 0.25) is 16.8 Å². The molecule has 0 radical (unpaired) electrons. The molecule has 0 bridgehead atoms. The fourth-order valence-corrected chi connectivity index (χ4v) is 5.50. The molecular formula is C31H35N5O4S. The van der Waals surface area contributed by atoms with Crippen molar-refractivity contribution < 1.29 is 17.9 Å². The lowest BCUT2D eigenvalue weighted by Crippen LogP contribution is -2.25. The van der Waals surface area contributed by atoms with Gasteiger partial charge >= 0.3 is 0 Å². The highest BCUT2D eigenvalue weighted by atomic mass is 32.2. The Hall–Kier alpha value is -3.99. The van der Waals surface area contributed by atoms with Crippen LogP contribution in [0.25, 0.3) is 11.4 Å². The van der Waals surface area contributed by atoms with Gasteiger partial charge in [-0.15, -0.1) is 0 Å². The van der Waals surface area contributed by atoms with E-state index in [0.29, 0.717) is 19.6 Å². The van der Waals surface area contributed by atoms with Crippen LogP contribution in [0.4, 0.5) is 0 Å². The Morgan fingerprint density at radius 2 is 1.68 bits per heavy atom. The van der Waals surface area contributed by atoms with Crippen molar-refractivity contribution in [3.63, 3.8) is 0 Å². The minimum absolute atomic E-state index is 0.0927. The molecule has 2 heterocycles. The summed E-state index contributed by atoms with van der Waals surface area (Å²) in [5, 5.41) is 5.33. The molecule has 5 rings (SSSR count). The Balaban J connectivity index is 1.53. The summed E-state index contributed by atoms with van der Waals surface area (Å²) in [5.41, 5.74) is 5.00. The first-order valence-corrected chi connectivity index (χ1v) is 15.2. The largest absolute Gasteiger partial charge is 0.454 e. The third-order valence-corrected chi connectivity index (χ3v) is 7.93. The molecule has 10 heteroatoms. The van der Waals surface area contributed by atoms with Crippen LogP contribution in [0, 0.1) is 0 Å². The predicted octanol–water partition coefficient (Wildman–Crippen LogP) is 4.98. The molecule has 0 unspecified atom stereocenters. The number of unbranched alkanes of at least 4 members (excludes halogenated alkanes) is 1. The average Bonchev–Trinajstić information content (AvgIpc) is 3.57. The lowest BCUT2D eigenvalue weighted by molar-refractivity contribution is 0.174. The predicted molar refractivity (Wildman–Crippen MR) is 159 cm³/mol. The first kappa shape index (κ1) is 28.5. The molecule has 1 aromatic heterocycles. The van der Waals surface area contributed by atoms with Crippen LogP contribution in [0.15, 0.2) is 82.7 Å². The fourth-order valence-electron chi connectivity index (χ4n) is 4.98. The van der Waals surface area contributed by atoms with Gasteiger partial charge in [0.1, 0.15) is 11.5 Å². The highest BCUT2D eigenvalue weighted by molar-refractivity contribution is 7.89. The van der Waals surface area contributed by atoms with Crippen molar-refractivity contribution in [2.45, 2.75) is 50.8 Å². The summed E-state index contributed by atoms with van der Waals surface area (Å²) < 4.78 is 37.1. The maximum absolute atomic E-state index is 11.8. The normalized spacial score (nSPS) is 13.0. The SMILES string of the molecule is CCCCn1c(-c2ccccc2)nc(C=NC)c1CN(Cc1ccc(S(N)(=O)=O)cc1)Cc1ccc2c(c1)OCO2. The minimum Gasteiger partial charge on any atom is -0.454 e. The summed E-state index contributed by atoms with van der Waals surface area (Å²) >= 11 is 0. The number of aliphatic imine (C=N–C) groups is 1. The Morgan fingerprint density at radius 3 is 2.39 bits per heavy atom. The highest BCUT2D eigenvalue weighted by Crippen LogP contribution is 2.33. The van der Waals surface area contributed by atoms with E-state index in [0.717, 1.165) is 64.8 Å². The van der Waals surface area contributed by atoms with E-state index in [2.05, 4.69) is 33.5 Å². The van der Waals surface area contributed by atoms with Crippen LogP contribution in [0.2, 0.25) is 0 Å². The third-order valence-electron chi connectivity index (χ3n) is 7.00. The van der Waals surface area contributed by atoms with E-state index in [9.17, 15) is 8.42 Å². The topological polar surface area (TPSA) is 112 Å². The lowest BCUT2D eigenvalue weighted by atomic mass is 10.1. The quantitative estimate of drug-likeness (QED) is 0.239. The van der Waals surface area contributed by atoms with Crippen LogP contribution in [0.3, 0.4) is 0 Å². The number of ether oxygens (including phenoxy) is 2. The van der Waals surface area contributed by atoms with Crippen molar-refractivity contribution >= 4 is 16.2 Å². The minimum atomic E-state index is -3.77. The summed E-state index contributed by atoms with van der Waals surface area (Å²) in [4.78, 5) is 11.8. The van der Waals surface area contributed by atoms with E-state index in [1.54, 1.807) is 19.2 Å². The number of nitrogens with two attached hydrogens (primary N) is 1.